The first kappa shape index (κ1) is 12.0. The van der Waals surface area contributed by atoms with Crippen molar-refractivity contribution < 1.29 is 14.6 Å². The predicted molar refractivity (Wildman–Crippen MR) is 64.8 cm³/mol. The van der Waals surface area contributed by atoms with Crippen molar-refractivity contribution in [3.63, 3.8) is 0 Å². The highest BCUT2D eigenvalue weighted by molar-refractivity contribution is 7.97. The number of aliphatic hydroxyl groups excluding tert-OH is 1. The summed E-state index contributed by atoms with van der Waals surface area (Å²) in [6, 6.07) is 4.89. The van der Waals surface area contributed by atoms with Gasteiger partial charge in [-0.15, -0.1) is 25.3 Å². The van der Waals surface area contributed by atoms with Gasteiger partial charge in [0.2, 0.25) is 5.12 Å². The second kappa shape index (κ2) is 5.14. The molecule has 0 heterocycles. The van der Waals surface area contributed by atoms with Crippen LogP contribution in [0.1, 0.15) is 5.56 Å². The van der Waals surface area contributed by atoms with Crippen LogP contribution in [-0.4, -0.2) is 17.3 Å². The van der Waals surface area contributed by atoms with Crippen LogP contribution in [0.2, 0.25) is 0 Å². The Morgan fingerprint density at radius 2 is 2.20 bits per heavy atom. The molecule has 0 saturated heterocycles. The Balaban J connectivity index is 3.11. The largest absolute Gasteiger partial charge is 0.507 e. The first-order valence-electron chi connectivity index (χ1n) is 4.05. The molecule has 1 aromatic rings. The van der Waals surface area contributed by atoms with Gasteiger partial charge in [-0.1, -0.05) is 0 Å². The summed E-state index contributed by atoms with van der Waals surface area (Å²) in [5.74, 6) is 0.379. The molecule has 0 amide bonds. The Hall–Kier alpha value is -1.07. The molecule has 0 aliphatic rings. The van der Waals surface area contributed by atoms with Gasteiger partial charge in [0.25, 0.3) is 0 Å². The van der Waals surface area contributed by atoms with Gasteiger partial charge in [-0.05, 0) is 18.2 Å². The maximum absolute atomic E-state index is 10.6. The molecule has 0 atom stereocenters. The van der Waals surface area contributed by atoms with Crippen molar-refractivity contribution in [2.45, 2.75) is 4.90 Å². The van der Waals surface area contributed by atoms with E-state index in [1.807, 2.05) is 0 Å². The number of carbonyl (C=O) groups excluding carboxylic acids is 1. The van der Waals surface area contributed by atoms with Crippen LogP contribution >= 0.6 is 25.3 Å². The summed E-state index contributed by atoms with van der Waals surface area (Å²) < 4.78 is 5.02. The third-order valence-electron chi connectivity index (χ3n) is 1.74. The molecule has 0 spiro atoms. The number of thiol groups is 2. The predicted octanol–water partition coefficient (Wildman–Crippen LogP) is 2.34. The van der Waals surface area contributed by atoms with E-state index in [1.54, 1.807) is 18.2 Å². The molecular weight excluding hydrogens is 232 g/mol. The lowest BCUT2D eigenvalue weighted by molar-refractivity contribution is -0.106. The third-order valence-corrected chi connectivity index (χ3v) is 2.23. The van der Waals surface area contributed by atoms with Crippen molar-refractivity contribution in [1.29, 1.82) is 0 Å². The molecule has 1 N–H and O–H groups in total. The summed E-state index contributed by atoms with van der Waals surface area (Å²) in [7, 11) is 1.50. The summed E-state index contributed by atoms with van der Waals surface area (Å²) in [6.07, 6.45) is 1.02. The lowest BCUT2D eigenvalue weighted by atomic mass is 10.1. The normalized spacial score (nSPS) is 11.3. The molecule has 0 radical (unpaired) electrons. The first-order valence-corrected chi connectivity index (χ1v) is 4.95. The Kier molecular flexibility index (Phi) is 4.11. The lowest BCUT2D eigenvalue weighted by Crippen LogP contribution is -1.90. The molecule has 0 aromatic heterocycles. The van der Waals surface area contributed by atoms with Crippen molar-refractivity contribution in [3.8, 4) is 5.75 Å². The smallest absolute Gasteiger partial charge is 0.212 e. The Morgan fingerprint density at radius 1 is 1.53 bits per heavy atom. The molecule has 15 heavy (non-hydrogen) atoms. The van der Waals surface area contributed by atoms with Crippen LogP contribution < -0.4 is 4.74 Å². The summed E-state index contributed by atoms with van der Waals surface area (Å²) in [5, 5.41) is 9.00. The van der Waals surface area contributed by atoms with Crippen molar-refractivity contribution in [2.75, 3.05) is 7.11 Å². The van der Waals surface area contributed by atoms with E-state index >= 15 is 0 Å². The van der Waals surface area contributed by atoms with Crippen LogP contribution in [0.25, 0.3) is 5.76 Å². The minimum absolute atomic E-state index is 0.151. The number of methoxy groups -OCH3 is 1. The number of rotatable bonds is 3. The minimum Gasteiger partial charge on any atom is -0.507 e. The van der Waals surface area contributed by atoms with Gasteiger partial charge in [0.1, 0.15) is 11.5 Å². The molecular formula is C10H10O3S2. The molecule has 0 bridgehead atoms. The SMILES string of the molecule is COc1cc(/C(O)=C/C(=O)S)ccc1S. The van der Waals surface area contributed by atoms with E-state index in [9.17, 15) is 9.90 Å². The summed E-state index contributed by atoms with van der Waals surface area (Å²) in [5.41, 5.74) is 0.479. The van der Waals surface area contributed by atoms with E-state index in [2.05, 4.69) is 25.3 Å². The number of carbonyl (C=O) groups is 1. The van der Waals surface area contributed by atoms with Crippen molar-refractivity contribution >= 4 is 36.1 Å². The topological polar surface area (TPSA) is 46.5 Å². The van der Waals surface area contributed by atoms with Gasteiger partial charge in [0.15, 0.2) is 0 Å². The molecule has 5 heteroatoms. The van der Waals surface area contributed by atoms with Crippen LogP contribution in [-0.2, 0) is 4.79 Å². The first-order chi connectivity index (χ1) is 7.04. The number of hydrogen-bond donors (Lipinski definition) is 3. The van der Waals surface area contributed by atoms with E-state index in [0.29, 0.717) is 16.2 Å². The van der Waals surface area contributed by atoms with Gasteiger partial charge in [-0.3, -0.25) is 4.79 Å². The Bertz CT molecular complexity index is 413. The average Bonchev–Trinajstić information content (AvgIpc) is 2.17. The van der Waals surface area contributed by atoms with E-state index in [1.165, 1.54) is 7.11 Å². The molecule has 0 aliphatic carbocycles. The highest BCUT2D eigenvalue weighted by atomic mass is 32.1. The standard InChI is InChI=1S/C10H10O3S2/c1-13-8-4-6(2-3-9(8)14)7(11)5-10(12)15/h2-5,11,14H,1H3,(H,12,15)/b7-5-. The summed E-state index contributed by atoms with van der Waals surface area (Å²) >= 11 is 7.69. The summed E-state index contributed by atoms with van der Waals surface area (Å²) in [6.45, 7) is 0. The van der Waals surface area contributed by atoms with Crippen LogP contribution in [0, 0.1) is 0 Å². The fourth-order valence-electron chi connectivity index (χ4n) is 1.04. The van der Waals surface area contributed by atoms with Gasteiger partial charge in [-0.2, -0.15) is 0 Å². The van der Waals surface area contributed by atoms with Gasteiger partial charge >= 0.3 is 0 Å². The van der Waals surface area contributed by atoms with Gasteiger partial charge < -0.3 is 9.84 Å². The van der Waals surface area contributed by atoms with Gasteiger partial charge in [0.05, 0.1) is 7.11 Å². The van der Waals surface area contributed by atoms with Crippen LogP contribution in [0.5, 0.6) is 5.75 Å². The van der Waals surface area contributed by atoms with Crippen LogP contribution in [0.15, 0.2) is 29.2 Å². The molecule has 3 nitrogen and oxygen atoms in total. The fourth-order valence-corrected chi connectivity index (χ4v) is 1.39. The molecule has 80 valence electrons. The zero-order valence-corrected chi connectivity index (χ0v) is 9.76. The zero-order valence-electron chi connectivity index (χ0n) is 7.97. The average molecular weight is 242 g/mol. The highest BCUT2D eigenvalue weighted by Gasteiger charge is 2.05. The second-order valence-corrected chi connectivity index (χ2v) is 3.68. The third kappa shape index (κ3) is 3.21. The lowest BCUT2D eigenvalue weighted by Gasteiger charge is -2.06. The second-order valence-electron chi connectivity index (χ2n) is 2.75. The quantitative estimate of drug-likeness (QED) is 0.433. The minimum atomic E-state index is -0.513. The Morgan fingerprint density at radius 3 is 2.73 bits per heavy atom. The van der Waals surface area contributed by atoms with Crippen molar-refractivity contribution in [1.82, 2.24) is 0 Å². The molecule has 1 aromatic carbocycles. The molecule has 1 rings (SSSR count). The Labute approximate surface area is 98.6 Å². The van der Waals surface area contributed by atoms with Gasteiger partial charge in [-0.25, -0.2) is 0 Å². The summed E-state index contributed by atoms with van der Waals surface area (Å²) in [4.78, 5) is 11.3. The van der Waals surface area contributed by atoms with Crippen LogP contribution in [0.4, 0.5) is 0 Å². The monoisotopic (exact) mass is 242 g/mol. The number of hydrogen-bond acceptors (Lipinski definition) is 4. The van der Waals surface area contributed by atoms with E-state index in [4.69, 9.17) is 4.74 Å². The fraction of sp³-hybridized carbons (Fsp3) is 0.100. The highest BCUT2D eigenvalue weighted by Crippen LogP contribution is 2.26. The van der Waals surface area contributed by atoms with Crippen molar-refractivity contribution in [3.05, 3.63) is 29.8 Å². The molecule has 0 saturated carbocycles. The molecule has 0 aliphatic heterocycles. The maximum Gasteiger partial charge on any atom is 0.212 e. The van der Waals surface area contributed by atoms with Crippen molar-refractivity contribution in [2.24, 2.45) is 0 Å². The van der Waals surface area contributed by atoms with E-state index < -0.39 is 5.12 Å². The number of aliphatic hydroxyl groups is 1. The maximum atomic E-state index is 10.6. The number of ether oxygens (including phenoxy) is 1. The van der Waals surface area contributed by atoms with Gasteiger partial charge in [0, 0.05) is 16.5 Å². The van der Waals surface area contributed by atoms with Crippen LogP contribution in [0.3, 0.4) is 0 Å². The zero-order chi connectivity index (χ0) is 11.4. The molecule has 0 fully saturated rings. The van der Waals surface area contributed by atoms with E-state index in [0.717, 1.165) is 6.08 Å². The molecule has 0 unspecified atom stereocenters. The number of benzene rings is 1. The van der Waals surface area contributed by atoms with E-state index in [-0.39, 0.29) is 5.76 Å².